The van der Waals surface area contributed by atoms with Crippen LogP contribution in [0.3, 0.4) is 0 Å². The van der Waals surface area contributed by atoms with E-state index >= 15 is 0 Å². The average Bonchev–Trinajstić information content (AvgIpc) is 1.63. The van der Waals surface area contributed by atoms with Gasteiger partial charge in [0.2, 0.25) is 0 Å². The molecule has 0 bridgehead atoms. The van der Waals surface area contributed by atoms with Crippen molar-refractivity contribution >= 4 is 11.6 Å². The van der Waals surface area contributed by atoms with Crippen molar-refractivity contribution in [2.24, 2.45) is 0 Å². The van der Waals surface area contributed by atoms with Gasteiger partial charge in [-0.3, -0.25) is 0 Å². The topological polar surface area (TPSA) is 20.2 Å². The fraction of sp³-hybridized carbons (Fsp3) is 0.143. The molecule has 0 aromatic carbocycles. The Morgan fingerprint density at radius 2 is 2.00 bits per heavy atom. The summed E-state index contributed by atoms with van der Waals surface area (Å²) in [7, 11) is 0. The van der Waals surface area contributed by atoms with Gasteiger partial charge >= 0.3 is 0 Å². The summed E-state index contributed by atoms with van der Waals surface area (Å²) in [4.78, 5) is 0. The predicted molar refractivity (Wildman–Crippen MR) is 40.5 cm³/mol. The van der Waals surface area contributed by atoms with Crippen molar-refractivity contribution in [1.29, 1.82) is 0 Å². The molecule has 0 aromatic rings. The second-order valence-corrected chi connectivity index (χ2v) is 2.21. The Morgan fingerprint density at radius 1 is 1.56 bits per heavy atom. The molecule has 50 valence electrons. The van der Waals surface area contributed by atoms with Crippen molar-refractivity contribution in [3.8, 4) is 0 Å². The Balaban J connectivity index is 4.17. The lowest BCUT2D eigenvalue weighted by Crippen LogP contribution is -1.78. The SMILES string of the molecule is C=C(Cl)/C=C(/C)C(=C)O. The number of aliphatic hydroxyl groups excluding tert-OH is 1. The van der Waals surface area contributed by atoms with Gasteiger partial charge in [-0.2, -0.15) is 0 Å². The molecule has 0 aromatic heterocycles. The molecule has 0 atom stereocenters. The van der Waals surface area contributed by atoms with Crippen molar-refractivity contribution in [2.75, 3.05) is 0 Å². The molecule has 0 aliphatic rings. The molecule has 1 N–H and O–H groups in total. The smallest absolute Gasteiger partial charge is 0.111 e. The molecule has 0 radical (unpaired) electrons. The highest BCUT2D eigenvalue weighted by atomic mass is 35.5. The maximum atomic E-state index is 8.71. The molecular weight excluding hydrogens is 136 g/mol. The van der Waals surface area contributed by atoms with Crippen LogP contribution in [0, 0.1) is 0 Å². The Kier molecular flexibility index (Phi) is 3.10. The molecule has 0 rings (SSSR count). The molecule has 0 saturated heterocycles. The summed E-state index contributed by atoms with van der Waals surface area (Å²) in [6.07, 6.45) is 1.55. The van der Waals surface area contributed by atoms with E-state index in [1.165, 1.54) is 0 Å². The van der Waals surface area contributed by atoms with E-state index < -0.39 is 0 Å². The molecule has 0 saturated carbocycles. The fourth-order valence-electron chi connectivity index (χ4n) is 0.318. The zero-order valence-electron chi connectivity index (χ0n) is 5.32. The van der Waals surface area contributed by atoms with E-state index in [2.05, 4.69) is 13.2 Å². The first kappa shape index (κ1) is 8.31. The van der Waals surface area contributed by atoms with Gasteiger partial charge in [-0.25, -0.2) is 0 Å². The minimum Gasteiger partial charge on any atom is -0.508 e. The summed E-state index contributed by atoms with van der Waals surface area (Å²) in [6.45, 7) is 8.41. The van der Waals surface area contributed by atoms with Gasteiger partial charge in [0.25, 0.3) is 0 Å². The lowest BCUT2D eigenvalue weighted by atomic mass is 10.2. The zero-order valence-corrected chi connectivity index (χ0v) is 6.07. The van der Waals surface area contributed by atoms with Crippen molar-refractivity contribution in [2.45, 2.75) is 6.92 Å². The van der Waals surface area contributed by atoms with Crippen LogP contribution in [0.1, 0.15) is 6.92 Å². The third kappa shape index (κ3) is 3.86. The molecule has 2 heteroatoms. The molecule has 9 heavy (non-hydrogen) atoms. The minimum absolute atomic E-state index is 0.0248. The van der Waals surface area contributed by atoms with Crippen LogP contribution < -0.4 is 0 Å². The van der Waals surface area contributed by atoms with E-state index in [0.29, 0.717) is 10.6 Å². The standard InChI is InChI=1S/C7H9ClO/c1-5(7(3)9)4-6(2)8/h4,9H,2-3H2,1H3/b5-4-. The predicted octanol–water partition coefficient (Wildman–Crippen LogP) is 2.76. The number of allylic oxidation sites excluding steroid dienone is 3. The molecule has 0 heterocycles. The van der Waals surface area contributed by atoms with Crippen molar-refractivity contribution in [3.05, 3.63) is 35.6 Å². The van der Waals surface area contributed by atoms with E-state index in [-0.39, 0.29) is 5.76 Å². The number of halogens is 1. The Morgan fingerprint density at radius 3 is 2.11 bits per heavy atom. The van der Waals surface area contributed by atoms with E-state index in [4.69, 9.17) is 16.7 Å². The van der Waals surface area contributed by atoms with Gasteiger partial charge in [0.15, 0.2) is 0 Å². The summed E-state index contributed by atoms with van der Waals surface area (Å²) in [5, 5.41) is 9.10. The first-order valence-electron chi connectivity index (χ1n) is 2.45. The van der Waals surface area contributed by atoms with E-state index in [1.807, 2.05) is 0 Å². The van der Waals surface area contributed by atoms with Crippen molar-refractivity contribution < 1.29 is 5.11 Å². The molecule has 1 nitrogen and oxygen atoms in total. The van der Waals surface area contributed by atoms with Crippen LogP contribution in [0.5, 0.6) is 0 Å². The third-order valence-electron chi connectivity index (χ3n) is 0.828. The van der Waals surface area contributed by atoms with Crippen LogP contribution in [0.25, 0.3) is 0 Å². The van der Waals surface area contributed by atoms with Gasteiger partial charge in [-0.15, -0.1) is 0 Å². The molecule has 0 amide bonds. The van der Waals surface area contributed by atoms with Gasteiger partial charge in [0, 0.05) is 5.03 Å². The summed E-state index contributed by atoms with van der Waals surface area (Å²) in [5.74, 6) is 0.0248. The Hall–Kier alpha value is -0.690. The second kappa shape index (κ2) is 3.36. The summed E-state index contributed by atoms with van der Waals surface area (Å²) < 4.78 is 0. The van der Waals surface area contributed by atoms with E-state index in [0.717, 1.165) is 0 Å². The maximum absolute atomic E-state index is 8.71. The third-order valence-corrected chi connectivity index (χ3v) is 0.937. The number of aliphatic hydroxyl groups is 1. The Labute approximate surface area is 60.0 Å². The lowest BCUT2D eigenvalue weighted by Gasteiger charge is -1.94. The normalized spacial score (nSPS) is 11.1. The molecule has 0 aliphatic carbocycles. The Bertz CT molecular complexity index is 168. The first-order chi connectivity index (χ1) is 4.04. The average molecular weight is 145 g/mol. The second-order valence-electron chi connectivity index (χ2n) is 1.72. The zero-order chi connectivity index (χ0) is 7.44. The molecule has 0 spiro atoms. The van der Waals surface area contributed by atoms with Crippen LogP contribution in [-0.4, -0.2) is 5.11 Å². The number of hydrogen-bond acceptors (Lipinski definition) is 1. The van der Waals surface area contributed by atoms with Gasteiger partial charge in [0.1, 0.15) is 5.76 Å². The van der Waals surface area contributed by atoms with Crippen LogP contribution in [0.2, 0.25) is 0 Å². The van der Waals surface area contributed by atoms with Gasteiger partial charge in [0.05, 0.1) is 0 Å². The van der Waals surface area contributed by atoms with Crippen molar-refractivity contribution in [3.63, 3.8) is 0 Å². The van der Waals surface area contributed by atoms with E-state index in [1.54, 1.807) is 13.0 Å². The van der Waals surface area contributed by atoms with Crippen LogP contribution in [0.15, 0.2) is 35.6 Å². The molecule has 0 unspecified atom stereocenters. The molecule has 0 fully saturated rings. The molecular formula is C7H9ClO. The number of rotatable bonds is 2. The van der Waals surface area contributed by atoms with Crippen LogP contribution in [0.4, 0.5) is 0 Å². The van der Waals surface area contributed by atoms with Gasteiger partial charge in [-0.1, -0.05) is 24.8 Å². The maximum Gasteiger partial charge on any atom is 0.111 e. The van der Waals surface area contributed by atoms with Crippen LogP contribution in [-0.2, 0) is 0 Å². The van der Waals surface area contributed by atoms with E-state index in [9.17, 15) is 0 Å². The molecule has 0 aliphatic heterocycles. The lowest BCUT2D eigenvalue weighted by molar-refractivity contribution is 0.426. The van der Waals surface area contributed by atoms with Gasteiger partial charge < -0.3 is 5.11 Å². The highest BCUT2D eigenvalue weighted by molar-refractivity contribution is 6.30. The monoisotopic (exact) mass is 144 g/mol. The summed E-state index contributed by atoms with van der Waals surface area (Å²) >= 11 is 5.39. The van der Waals surface area contributed by atoms with Gasteiger partial charge in [-0.05, 0) is 18.6 Å². The first-order valence-corrected chi connectivity index (χ1v) is 2.83. The van der Waals surface area contributed by atoms with Crippen LogP contribution >= 0.6 is 11.6 Å². The largest absolute Gasteiger partial charge is 0.508 e. The highest BCUT2D eigenvalue weighted by Gasteiger charge is 1.90. The summed E-state index contributed by atoms with van der Waals surface area (Å²) in [6, 6.07) is 0. The minimum atomic E-state index is 0.0248. The van der Waals surface area contributed by atoms with Crippen molar-refractivity contribution in [1.82, 2.24) is 0 Å². The quantitative estimate of drug-likeness (QED) is 0.467. The highest BCUT2D eigenvalue weighted by Crippen LogP contribution is 2.08. The summed E-state index contributed by atoms with van der Waals surface area (Å²) in [5.41, 5.74) is 0.634. The fourth-order valence-corrected chi connectivity index (χ4v) is 0.482. The number of hydrogen-bond donors (Lipinski definition) is 1.